The lowest BCUT2D eigenvalue weighted by molar-refractivity contribution is 0.243. The van der Waals surface area contributed by atoms with E-state index in [4.69, 9.17) is 13.6 Å². The van der Waals surface area contributed by atoms with E-state index in [0.717, 1.165) is 0 Å². The highest BCUT2D eigenvalue weighted by Crippen LogP contribution is 2.31. The van der Waals surface area contributed by atoms with Crippen molar-refractivity contribution in [3.05, 3.63) is 94.7 Å². The number of para-hydroxylation sites is 1. The van der Waals surface area contributed by atoms with Crippen LogP contribution in [0.1, 0.15) is 5.89 Å². The van der Waals surface area contributed by atoms with Gasteiger partial charge in [0.2, 0.25) is 17.2 Å². The van der Waals surface area contributed by atoms with Gasteiger partial charge in [-0.1, -0.05) is 24.3 Å². The topological polar surface area (TPSA) is 98.6 Å². The fraction of sp³-hybridized carbons (Fsp3) is 0.0800. The minimum Gasteiger partial charge on any atom is -0.508 e. The second kappa shape index (κ2) is 8.58. The van der Waals surface area contributed by atoms with Gasteiger partial charge in [0.05, 0.1) is 11.8 Å². The molecule has 0 saturated heterocycles. The molecule has 2 aromatic heterocycles. The van der Waals surface area contributed by atoms with Gasteiger partial charge in [-0.15, -0.1) is 10.2 Å². The maximum absolute atomic E-state index is 13.2. The number of nitrogens with zero attached hydrogens (tertiary/aromatic N) is 2. The Hall–Kier alpha value is -4.46. The van der Waals surface area contributed by atoms with E-state index < -0.39 is 0 Å². The average molecular weight is 444 g/mol. The lowest BCUT2D eigenvalue weighted by atomic mass is 10.0. The molecule has 33 heavy (non-hydrogen) atoms. The predicted octanol–water partition coefficient (Wildman–Crippen LogP) is 4.98. The minimum atomic E-state index is -0.354. The van der Waals surface area contributed by atoms with E-state index in [-0.39, 0.29) is 47.4 Å². The molecule has 5 rings (SSSR count). The van der Waals surface area contributed by atoms with Crippen LogP contribution >= 0.6 is 0 Å². The first-order valence-corrected chi connectivity index (χ1v) is 10.1. The van der Waals surface area contributed by atoms with Crippen molar-refractivity contribution in [2.45, 2.75) is 6.42 Å². The zero-order valence-electron chi connectivity index (χ0n) is 17.2. The summed E-state index contributed by atoms with van der Waals surface area (Å²) in [5.41, 5.74) is 1.57. The number of aromatic hydroxyl groups is 1. The first-order chi connectivity index (χ1) is 16.1. The van der Waals surface area contributed by atoms with Gasteiger partial charge in [-0.3, -0.25) is 4.79 Å². The number of phenolic OH excluding ortho intramolecular Hbond substituents is 1. The molecule has 0 aliphatic rings. The molecule has 1 N–H and O–H groups in total. The van der Waals surface area contributed by atoms with Crippen molar-refractivity contribution in [3.63, 3.8) is 0 Å². The second-order valence-electron chi connectivity index (χ2n) is 7.24. The molecule has 0 aliphatic carbocycles. The van der Waals surface area contributed by atoms with Crippen LogP contribution in [-0.2, 0) is 6.42 Å². The van der Waals surface area contributed by atoms with E-state index in [1.807, 2.05) is 0 Å². The van der Waals surface area contributed by atoms with Crippen LogP contribution in [0.25, 0.3) is 33.6 Å². The van der Waals surface area contributed by atoms with E-state index >= 15 is 0 Å². The maximum atomic E-state index is 13.2. The van der Waals surface area contributed by atoms with Crippen LogP contribution in [0.3, 0.4) is 0 Å². The monoisotopic (exact) mass is 444 g/mol. The summed E-state index contributed by atoms with van der Waals surface area (Å²) in [6, 6.07) is 18.9. The summed E-state index contributed by atoms with van der Waals surface area (Å²) in [6.07, 6.45) is 0.264. The number of rotatable bonds is 6. The van der Waals surface area contributed by atoms with Gasteiger partial charge in [0.1, 0.15) is 29.3 Å². The largest absolute Gasteiger partial charge is 0.508 e. The fourth-order valence-electron chi connectivity index (χ4n) is 3.39. The molecule has 0 bridgehead atoms. The molecule has 0 atom stereocenters. The van der Waals surface area contributed by atoms with E-state index in [1.165, 1.54) is 24.3 Å². The average Bonchev–Trinajstić information content (AvgIpc) is 3.30. The summed E-state index contributed by atoms with van der Waals surface area (Å²) in [4.78, 5) is 13.2. The van der Waals surface area contributed by atoms with Crippen molar-refractivity contribution in [2.75, 3.05) is 6.61 Å². The molecule has 0 aliphatic heterocycles. The molecule has 0 radical (unpaired) electrons. The number of ether oxygens (including phenoxy) is 1. The number of benzene rings is 3. The Morgan fingerprint density at radius 3 is 2.39 bits per heavy atom. The van der Waals surface area contributed by atoms with Gasteiger partial charge < -0.3 is 18.7 Å². The second-order valence-corrected chi connectivity index (χ2v) is 7.24. The molecule has 8 heteroatoms. The van der Waals surface area contributed by atoms with Crippen LogP contribution in [0.5, 0.6) is 11.7 Å². The Morgan fingerprint density at radius 1 is 0.879 bits per heavy atom. The number of halogens is 1. The SMILES string of the molecule is O=c1c(-c2ccc(O)cc2)c(OCCc2nnc(-c3ccc(F)cc3)o2)oc2ccccc12. The molecular formula is C25H17FN2O5. The highest BCUT2D eigenvalue weighted by molar-refractivity contribution is 5.84. The molecule has 7 nitrogen and oxygen atoms in total. The number of phenols is 1. The molecule has 0 amide bonds. The predicted molar refractivity (Wildman–Crippen MR) is 118 cm³/mol. The number of hydrogen-bond donors (Lipinski definition) is 1. The lowest BCUT2D eigenvalue weighted by Crippen LogP contribution is -2.10. The Labute approximate surface area is 186 Å². The third-order valence-corrected chi connectivity index (χ3v) is 5.03. The molecule has 164 valence electrons. The van der Waals surface area contributed by atoms with Crippen LogP contribution in [0.2, 0.25) is 0 Å². The van der Waals surface area contributed by atoms with Crippen molar-refractivity contribution in [1.29, 1.82) is 0 Å². The van der Waals surface area contributed by atoms with Crippen molar-refractivity contribution in [2.24, 2.45) is 0 Å². The zero-order valence-corrected chi connectivity index (χ0v) is 17.2. The summed E-state index contributed by atoms with van der Waals surface area (Å²) in [7, 11) is 0. The van der Waals surface area contributed by atoms with Gasteiger partial charge in [0, 0.05) is 5.56 Å². The van der Waals surface area contributed by atoms with E-state index in [9.17, 15) is 14.3 Å². The van der Waals surface area contributed by atoms with E-state index in [0.29, 0.717) is 28.0 Å². The Morgan fingerprint density at radius 2 is 1.61 bits per heavy atom. The first kappa shape index (κ1) is 20.4. The maximum Gasteiger partial charge on any atom is 0.297 e. The molecule has 5 aromatic rings. The molecule has 3 aromatic carbocycles. The number of hydrogen-bond acceptors (Lipinski definition) is 7. The summed E-state index contributed by atoms with van der Waals surface area (Å²) in [5, 5.41) is 18.0. The quantitative estimate of drug-likeness (QED) is 0.394. The third kappa shape index (κ3) is 4.18. The number of fused-ring (bicyclic) bond motifs is 1. The van der Waals surface area contributed by atoms with E-state index in [1.54, 1.807) is 48.5 Å². The van der Waals surface area contributed by atoms with Gasteiger partial charge in [-0.05, 0) is 54.1 Å². The van der Waals surface area contributed by atoms with Gasteiger partial charge in [0.15, 0.2) is 0 Å². The minimum absolute atomic E-state index is 0.0580. The van der Waals surface area contributed by atoms with Crippen molar-refractivity contribution in [1.82, 2.24) is 10.2 Å². The Kier molecular flexibility index (Phi) is 5.32. The highest BCUT2D eigenvalue weighted by Gasteiger charge is 2.18. The molecule has 2 heterocycles. The third-order valence-electron chi connectivity index (χ3n) is 5.03. The molecular weight excluding hydrogens is 427 g/mol. The summed E-state index contributed by atoms with van der Waals surface area (Å²) < 4.78 is 30.5. The summed E-state index contributed by atoms with van der Waals surface area (Å²) >= 11 is 0. The van der Waals surface area contributed by atoms with Crippen LogP contribution in [0.4, 0.5) is 4.39 Å². The van der Waals surface area contributed by atoms with E-state index in [2.05, 4.69) is 10.2 Å². The van der Waals surface area contributed by atoms with Crippen LogP contribution in [0.15, 0.2) is 86.4 Å². The van der Waals surface area contributed by atoms with Crippen LogP contribution in [0, 0.1) is 5.82 Å². The van der Waals surface area contributed by atoms with Crippen LogP contribution < -0.4 is 10.2 Å². The molecule has 0 saturated carbocycles. The van der Waals surface area contributed by atoms with Crippen molar-refractivity contribution < 1.29 is 23.1 Å². The Balaban J connectivity index is 1.41. The van der Waals surface area contributed by atoms with Gasteiger partial charge in [0.25, 0.3) is 5.95 Å². The molecule has 0 spiro atoms. The summed E-state index contributed by atoms with van der Waals surface area (Å²) in [5.74, 6) is 0.381. The van der Waals surface area contributed by atoms with Gasteiger partial charge >= 0.3 is 0 Å². The molecule has 0 unspecified atom stereocenters. The van der Waals surface area contributed by atoms with Gasteiger partial charge in [-0.2, -0.15) is 0 Å². The van der Waals surface area contributed by atoms with Gasteiger partial charge in [-0.25, -0.2) is 4.39 Å². The Bertz CT molecular complexity index is 1470. The zero-order chi connectivity index (χ0) is 22.8. The normalized spacial score (nSPS) is 11.1. The lowest BCUT2D eigenvalue weighted by Gasteiger charge is -2.11. The van der Waals surface area contributed by atoms with Crippen molar-refractivity contribution in [3.8, 4) is 34.3 Å². The standard InChI is InChI=1S/C25H17FN2O5/c26-17-9-5-16(6-10-17)24-28-27-21(33-24)13-14-31-25-22(15-7-11-18(29)12-8-15)23(30)19-3-1-2-4-20(19)32-25/h1-12,29H,13-14H2. The smallest absolute Gasteiger partial charge is 0.297 e. The number of aromatic nitrogens is 2. The van der Waals surface area contributed by atoms with Crippen LogP contribution in [-0.4, -0.2) is 21.9 Å². The fourth-order valence-corrected chi connectivity index (χ4v) is 3.39. The summed E-state index contributed by atoms with van der Waals surface area (Å²) in [6.45, 7) is 0.109. The highest BCUT2D eigenvalue weighted by atomic mass is 19.1. The van der Waals surface area contributed by atoms with Crippen molar-refractivity contribution >= 4 is 11.0 Å². The molecule has 0 fully saturated rings. The first-order valence-electron chi connectivity index (χ1n) is 10.1.